The summed E-state index contributed by atoms with van der Waals surface area (Å²) in [6.07, 6.45) is 1.71. The first kappa shape index (κ1) is 17.2. The predicted molar refractivity (Wildman–Crippen MR) is 91.8 cm³/mol. The van der Waals surface area contributed by atoms with Gasteiger partial charge in [0.1, 0.15) is 5.75 Å². The van der Waals surface area contributed by atoms with Gasteiger partial charge in [-0.3, -0.25) is 4.99 Å². The fourth-order valence-electron chi connectivity index (χ4n) is 1.91. The lowest BCUT2D eigenvalue weighted by atomic mass is 10.2. The summed E-state index contributed by atoms with van der Waals surface area (Å²) in [7, 11) is -1.86. The zero-order valence-electron chi connectivity index (χ0n) is 13.2. The van der Waals surface area contributed by atoms with Gasteiger partial charge in [0.2, 0.25) is 10.0 Å². The minimum atomic E-state index is -3.47. The first-order valence-electron chi connectivity index (χ1n) is 7.21. The molecule has 0 spiro atoms. The van der Waals surface area contributed by atoms with E-state index in [9.17, 15) is 8.42 Å². The maximum absolute atomic E-state index is 12.1. The Hall–Kier alpha value is -2.18. The lowest BCUT2D eigenvalue weighted by Crippen LogP contribution is -2.26. The van der Waals surface area contributed by atoms with Gasteiger partial charge in [0.05, 0.1) is 18.6 Å². The van der Waals surface area contributed by atoms with E-state index in [2.05, 4.69) is 9.71 Å². The molecule has 0 saturated carbocycles. The maximum Gasteiger partial charge on any atom is 0.240 e. The number of nitrogens with one attached hydrogen (secondary N) is 1. The van der Waals surface area contributed by atoms with Gasteiger partial charge in [-0.1, -0.05) is 17.7 Å². The number of rotatable bonds is 7. The number of aliphatic imine (C=N–C) groups is 1. The third kappa shape index (κ3) is 5.19. The molecule has 0 bridgehead atoms. The molecular weight excluding hydrogens is 312 g/mol. The monoisotopic (exact) mass is 332 g/mol. The molecule has 1 N–H and O–H groups in total. The Morgan fingerprint density at radius 1 is 1.09 bits per heavy atom. The Kier molecular flexibility index (Phi) is 5.90. The van der Waals surface area contributed by atoms with E-state index >= 15 is 0 Å². The Bertz CT molecular complexity index is 751. The van der Waals surface area contributed by atoms with Gasteiger partial charge in [0.25, 0.3) is 0 Å². The molecule has 0 aromatic heterocycles. The highest BCUT2D eigenvalue weighted by atomic mass is 32.2. The molecule has 0 heterocycles. The second-order valence-corrected chi connectivity index (χ2v) is 6.79. The van der Waals surface area contributed by atoms with Gasteiger partial charge < -0.3 is 4.74 Å². The Balaban J connectivity index is 1.84. The summed E-state index contributed by atoms with van der Waals surface area (Å²) in [5.41, 5.74) is 1.96. The maximum atomic E-state index is 12.1. The normalized spacial score (nSPS) is 11.7. The Morgan fingerprint density at radius 2 is 1.74 bits per heavy atom. The van der Waals surface area contributed by atoms with Crippen LogP contribution >= 0.6 is 0 Å². The van der Waals surface area contributed by atoms with Crippen molar-refractivity contribution in [1.82, 2.24) is 4.72 Å². The molecule has 0 fully saturated rings. The quantitative estimate of drug-likeness (QED) is 0.625. The number of benzene rings is 2. The van der Waals surface area contributed by atoms with Crippen molar-refractivity contribution in [3.63, 3.8) is 0 Å². The molecule has 0 aliphatic carbocycles. The number of aryl methyl sites for hydroxylation is 1. The van der Waals surface area contributed by atoms with E-state index in [1.807, 2.05) is 31.2 Å². The molecule has 0 atom stereocenters. The zero-order valence-corrected chi connectivity index (χ0v) is 14.0. The highest BCUT2D eigenvalue weighted by molar-refractivity contribution is 7.89. The number of ether oxygens (including phenoxy) is 1. The van der Waals surface area contributed by atoms with E-state index in [1.54, 1.807) is 37.6 Å². The predicted octanol–water partition coefficient (Wildman–Crippen LogP) is 2.40. The molecule has 2 aromatic carbocycles. The van der Waals surface area contributed by atoms with E-state index in [-0.39, 0.29) is 11.4 Å². The molecule has 0 unspecified atom stereocenters. The first-order chi connectivity index (χ1) is 11.0. The molecule has 23 heavy (non-hydrogen) atoms. The molecule has 0 radical (unpaired) electrons. The van der Waals surface area contributed by atoms with Crippen LogP contribution in [0.5, 0.6) is 5.75 Å². The van der Waals surface area contributed by atoms with Crippen LogP contribution in [0.2, 0.25) is 0 Å². The molecule has 0 amide bonds. The van der Waals surface area contributed by atoms with E-state index in [1.165, 1.54) is 0 Å². The van der Waals surface area contributed by atoms with Crippen molar-refractivity contribution in [3.05, 3.63) is 59.7 Å². The van der Waals surface area contributed by atoms with Gasteiger partial charge in [-0.25, -0.2) is 13.1 Å². The smallest absolute Gasteiger partial charge is 0.240 e. The third-order valence-corrected chi connectivity index (χ3v) is 4.70. The molecule has 0 aliphatic rings. The van der Waals surface area contributed by atoms with Crippen LogP contribution < -0.4 is 9.46 Å². The highest BCUT2D eigenvalue weighted by Crippen LogP contribution is 2.10. The summed E-state index contributed by atoms with van der Waals surface area (Å²) in [5, 5.41) is 0. The minimum Gasteiger partial charge on any atom is -0.497 e. The topological polar surface area (TPSA) is 67.8 Å². The summed E-state index contributed by atoms with van der Waals surface area (Å²) in [6, 6.07) is 14.2. The van der Waals surface area contributed by atoms with Gasteiger partial charge >= 0.3 is 0 Å². The van der Waals surface area contributed by atoms with Crippen LogP contribution in [-0.4, -0.2) is 34.8 Å². The molecule has 0 aliphatic heterocycles. The van der Waals surface area contributed by atoms with Crippen molar-refractivity contribution in [2.75, 3.05) is 20.2 Å². The highest BCUT2D eigenvalue weighted by Gasteiger charge is 2.12. The number of nitrogens with zero attached hydrogens (tertiary/aromatic N) is 1. The summed E-state index contributed by atoms with van der Waals surface area (Å²) < 4.78 is 31.8. The standard InChI is InChI=1S/C17H20N2O3S/c1-14-3-9-17(10-4-14)23(20,21)19-12-11-18-13-15-5-7-16(22-2)8-6-15/h3-10,13,19H,11-12H2,1-2H3. The fraction of sp³-hybridized carbons (Fsp3) is 0.235. The molecule has 2 rings (SSSR count). The van der Waals surface area contributed by atoms with Gasteiger partial charge in [0, 0.05) is 12.8 Å². The summed E-state index contributed by atoms with van der Waals surface area (Å²) in [4.78, 5) is 4.48. The molecule has 5 nitrogen and oxygen atoms in total. The zero-order chi connectivity index (χ0) is 16.7. The SMILES string of the molecule is COc1ccc(C=NCCNS(=O)(=O)c2ccc(C)cc2)cc1. The molecule has 2 aromatic rings. The molecule has 122 valence electrons. The van der Waals surface area contributed by atoms with Crippen LogP contribution in [0.25, 0.3) is 0 Å². The molecule has 0 saturated heterocycles. The summed E-state index contributed by atoms with van der Waals surface area (Å²) in [6.45, 7) is 2.54. The largest absolute Gasteiger partial charge is 0.497 e. The Labute approximate surface area is 137 Å². The van der Waals surface area contributed by atoms with E-state index in [4.69, 9.17) is 4.74 Å². The molecule has 6 heteroatoms. The van der Waals surface area contributed by atoms with Crippen molar-refractivity contribution in [2.45, 2.75) is 11.8 Å². The van der Waals surface area contributed by atoms with E-state index < -0.39 is 10.0 Å². The van der Waals surface area contributed by atoms with Crippen LogP contribution in [0.4, 0.5) is 0 Å². The van der Waals surface area contributed by atoms with Gasteiger partial charge in [-0.2, -0.15) is 0 Å². The number of sulfonamides is 1. The van der Waals surface area contributed by atoms with Crippen LogP contribution in [0.15, 0.2) is 58.4 Å². The second kappa shape index (κ2) is 7.89. The summed E-state index contributed by atoms with van der Waals surface area (Å²) in [5.74, 6) is 0.785. The average Bonchev–Trinajstić information content (AvgIpc) is 2.55. The van der Waals surface area contributed by atoms with Crippen LogP contribution in [-0.2, 0) is 10.0 Å². The number of methoxy groups -OCH3 is 1. The van der Waals surface area contributed by atoms with Gasteiger partial charge in [-0.05, 0) is 48.9 Å². The van der Waals surface area contributed by atoms with Crippen LogP contribution in [0.3, 0.4) is 0 Å². The van der Waals surface area contributed by atoms with Gasteiger partial charge in [0.15, 0.2) is 0 Å². The van der Waals surface area contributed by atoms with E-state index in [0.717, 1.165) is 16.9 Å². The van der Waals surface area contributed by atoms with Crippen molar-refractivity contribution < 1.29 is 13.2 Å². The van der Waals surface area contributed by atoms with Crippen LogP contribution in [0, 0.1) is 6.92 Å². The minimum absolute atomic E-state index is 0.253. The summed E-state index contributed by atoms with van der Waals surface area (Å²) >= 11 is 0. The van der Waals surface area contributed by atoms with Gasteiger partial charge in [-0.15, -0.1) is 0 Å². The number of hydrogen-bond donors (Lipinski definition) is 1. The van der Waals surface area contributed by atoms with Crippen molar-refractivity contribution in [2.24, 2.45) is 4.99 Å². The lowest BCUT2D eigenvalue weighted by Gasteiger charge is -2.05. The average molecular weight is 332 g/mol. The fourth-order valence-corrected chi connectivity index (χ4v) is 2.93. The second-order valence-electron chi connectivity index (χ2n) is 5.02. The van der Waals surface area contributed by atoms with Crippen LogP contribution in [0.1, 0.15) is 11.1 Å². The Morgan fingerprint density at radius 3 is 2.35 bits per heavy atom. The third-order valence-electron chi connectivity index (χ3n) is 3.22. The molecular formula is C17H20N2O3S. The van der Waals surface area contributed by atoms with E-state index in [0.29, 0.717) is 6.54 Å². The lowest BCUT2D eigenvalue weighted by molar-refractivity contribution is 0.415. The van der Waals surface area contributed by atoms with Crippen molar-refractivity contribution in [1.29, 1.82) is 0 Å². The first-order valence-corrected chi connectivity index (χ1v) is 8.70. The van der Waals surface area contributed by atoms with Crippen molar-refractivity contribution >= 4 is 16.2 Å². The number of hydrogen-bond acceptors (Lipinski definition) is 4. The van der Waals surface area contributed by atoms with Crippen molar-refractivity contribution in [3.8, 4) is 5.75 Å².